The summed E-state index contributed by atoms with van der Waals surface area (Å²) >= 11 is 0. The predicted molar refractivity (Wildman–Crippen MR) is 259 cm³/mol. The van der Waals surface area contributed by atoms with Crippen LogP contribution in [0.5, 0.6) is 0 Å². The zero-order chi connectivity index (χ0) is 41.8. The lowest BCUT2D eigenvalue weighted by atomic mass is 9.68. The molecule has 296 valence electrons. The molecule has 3 aliphatic carbocycles. The Morgan fingerprint density at radius 3 is 1.53 bits per heavy atom. The first-order valence-electron chi connectivity index (χ1n) is 22.0. The van der Waals surface area contributed by atoms with Crippen LogP contribution in [0.2, 0.25) is 0 Å². The highest BCUT2D eigenvalue weighted by Crippen LogP contribution is 2.61. The summed E-state index contributed by atoms with van der Waals surface area (Å²) in [6, 6.07) is 79.7. The molecule has 0 unspecified atom stereocenters. The van der Waals surface area contributed by atoms with Crippen molar-refractivity contribution in [2.45, 2.75) is 43.9 Å². The smallest absolute Gasteiger partial charge is 0.0714 e. The molecule has 0 atom stereocenters. The minimum Gasteiger partial charge on any atom is -0.310 e. The molecule has 9 aromatic carbocycles. The van der Waals surface area contributed by atoms with Crippen LogP contribution in [-0.4, -0.2) is 0 Å². The second-order valence-electron chi connectivity index (χ2n) is 18.4. The summed E-state index contributed by atoms with van der Waals surface area (Å²) in [5.41, 5.74) is 23.6. The molecule has 0 radical (unpaired) electrons. The molecule has 0 heterocycles. The Balaban J connectivity index is 1.16. The van der Waals surface area contributed by atoms with Gasteiger partial charge in [-0.15, -0.1) is 0 Å². The van der Waals surface area contributed by atoms with Crippen LogP contribution in [0.15, 0.2) is 212 Å². The standard InChI is InChI=1S/C61H47N/c1-59(2)51-37-35-43(38-49(51)57-45(28-18-31-53(57)59)40-20-8-5-9-21-40)62(44-34-36-47-46-26-14-16-29-50(46)60(3,4)55(47)39-44)56-33-19-32-54-58(56)48-27-15-17-30-52(48)61(54,41-22-10-6-11-23-41)42-24-12-7-13-25-42/h5-39H,1-4H3. The average molecular weight is 794 g/mol. The first-order chi connectivity index (χ1) is 30.3. The number of anilines is 3. The molecular weight excluding hydrogens is 747 g/mol. The van der Waals surface area contributed by atoms with E-state index in [0.717, 1.165) is 11.4 Å². The van der Waals surface area contributed by atoms with Crippen LogP contribution in [0.4, 0.5) is 17.1 Å². The topological polar surface area (TPSA) is 3.24 Å². The lowest BCUT2D eigenvalue weighted by molar-refractivity contribution is 0.660. The van der Waals surface area contributed by atoms with Crippen LogP contribution < -0.4 is 4.90 Å². The predicted octanol–water partition coefficient (Wildman–Crippen LogP) is 15.8. The highest BCUT2D eigenvalue weighted by atomic mass is 15.1. The third-order valence-corrected chi connectivity index (χ3v) is 14.6. The van der Waals surface area contributed by atoms with E-state index in [1.807, 2.05) is 0 Å². The molecule has 0 saturated heterocycles. The monoisotopic (exact) mass is 793 g/mol. The molecule has 3 aliphatic rings. The molecule has 12 rings (SSSR count). The number of nitrogens with zero attached hydrogens (tertiary/aromatic N) is 1. The SMILES string of the molecule is CC1(C)c2ccccc2-c2ccc(N(c3ccc4c(c3)-c3c(-c5ccccc5)cccc3C4(C)C)c3cccc4c3-c3ccccc3C4(c3ccccc3)c3ccccc3)cc21. The zero-order valence-electron chi connectivity index (χ0n) is 35.7. The Labute approximate surface area is 365 Å². The van der Waals surface area contributed by atoms with E-state index < -0.39 is 5.41 Å². The molecule has 0 aliphatic heterocycles. The van der Waals surface area contributed by atoms with E-state index in [9.17, 15) is 0 Å². The van der Waals surface area contributed by atoms with Crippen LogP contribution in [0.3, 0.4) is 0 Å². The van der Waals surface area contributed by atoms with Gasteiger partial charge in [0, 0.05) is 27.8 Å². The van der Waals surface area contributed by atoms with E-state index in [-0.39, 0.29) is 10.8 Å². The van der Waals surface area contributed by atoms with Crippen molar-refractivity contribution in [1.29, 1.82) is 0 Å². The van der Waals surface area contributed by atoms with Crippen molar-refractivity contribution >= 4 is 17.1 Å². The Morgan fingerprint density at radius 2 is 0.806 bits per heavy atom. The van der Waals surface area contributed by atoms with E-state index in [1.165, 1.54) is 94.7 Å². The van der Waals surface area contributed by atoms with E-state index in [2.05, 4.69) is 245 Å². The van der Waals surface area contributed by atoms with Crippen molar-refractivity contribution in [2.24, 2.45) is 0 Å². The normalized spacial score (nSPS) is 15.2. The van der Waals surface area contributed by atoms with Crippen molar-refractivity contribution in [3.05, 3.63) is 257 Å². The Kier molecular flexibility index (Phi) is 7.91. The molecule has 0 aromatic heterocycles. The van der Waals surface area contributed by atoms with Crippen molar-refractivity contribution < 1.29 is 0 Å². The first-order valence-corrected chi connectivity index (χ1v) is 22.0. The summed E-state index contributed by atoms with van der Waals surface area (Å²) in [6.07, 6.45) is 0. The van der Waals surface area contributed by atoms with Gasteiger partial charge in [-0.3, -0.25) is 0 Å². The third-order valence-electron chi connectivity index (χ3n) is 14.6. The van der Waals surface area contributed by atoms with Crippen molar-refractivity contribution in [2.75, 3.05) is 4.90 Å². The van der Waals surface area contributed by atoms with Gasteiger partial charge in [0.2, 0.25) is 0 Å². The van der Waals surface area contributed by atoms with Gasteiger partial charge in [-0.1, -0.05) is 210 Å². The maximum absolute atomic E-state index is 2.57. The van der Waals surface area contributed by atoms with E-state index in [4.69, 9.17) is 0 Å². The molecule has 0 amide bonds. The van der Waals surface area contributed by atoms with E-state index in [1.54, 1.807) is 0 Å². The number of hydrogen-bond donors (Lipinski definition) is 0. The molecule has 0 spiro atoms. The summed E-state index contributed by atoms with van der Waals surface area (Å²) in [5.74, 6) is 0. The number of rotatable bonds is 6. The summed E-state index contributed by atoms with van der Waals surface area (Å²) in [5, 5.41) is 0. The lowest BCUT2D eigenvalue weighted by Crippen LogP contribution is -2.28. The second-order valence-corrected chi connectivity index (χ2v) is 18.4. The molecule has 1 heteroatoms. The highest BCUT2D eigenvalue weighted by molar-refractivity contribution is 6.00. The maximum Gasteiger partial charge on any atom is 0.0714 e. The quantitative estimate of drug-likeness (QED) is 0.162. The zero-order valence-corrected chi connectivity index (χ0v) is 35.7. The molecular formula is C61H47N. The van der Waals surface area contributed by atoms with Gasteiger partial charge < -0.3 is 4.90 Å². The third kappa shape index (κ3) is 4.97. The summed E-state index contributed by atoms with van der Waals surface area (Å²) < 4.78 is 0. The van der Waals surface area contributed by atoms with Gasteiger partial charge >= 0.3 is 0 Å². The molecule has 62 heavy (non-hydrogen) atoms. The van der Waals surface area contributed by atoms with Gasteiger partial charge in [0.25, 0.3) is 0 Å². The van der Waals surface area contributed by atoms with Crippen LogP contribution in [0.25, 0.3) is 44.5 Å². The highest BCUT2D eigenvalue weighted by Gasteiger charge is 2.48. The molecule has 0 bridgehead atoms. The first kappa shape index (κ1) is 36.6. The molecule has 0 fully saturated rings. The van der Waals surface area contributed by atoms with Crippen LogP contribution in [-0.2, 0) is 16.2 Å². The maximum atomic E-state index is 2.57. The number of fused-ring (bicyclic) bond motifs is 9. The lowest BCUT2D eigenvalue weighted by Gasteiger charge is -2.34. The van der Waals surface area contributed by atoms with Crippen LogP contribution >= 0.6 is 0 Å². The number of hydrogen-bond acceptors (Lipinski definition) is 1. The van der Waals surface area contributed by atoms with Crippen molar-refractivity contribution in [3.8, 4) is 44.5 Å². The van der Waals surface area contributed by atoms with Crippen LogP contribution in [0.1, 0.15) is 72.2 Å². The van der Waals surface area contributed by atoms with Crippen LogP contribution in [0, 0.1) is 0 Å². The summed E-state index contributed by atoms with van der Waals surface area (Å²) in [6.45, 7) is 9.54. The van der Waals surface area contributed by atoms with Gasteiger partial charge in [0.15, 0.2) is 0 Å². The second kappa shape index (κ2) is 13.4. The van der Waals surface area contributed by atoms with Gasteiger partial charge in [-0.05, 0) is 114 Å². The van der Waals surface area contributed by atoms with Gasteiger partial charge in [0.05, 0.1) is 11.1 Å². The number of benzene rings is 9. The van der Waals surface area contributed by atoms with E-state index >= 15 is 0 Å². The van der Waals surface area contributed by atoms with E-state index in [0.29, 0.717) is 0 Å². The largest absolute Gasteiger partial charge is 0.310 e. The molecule has 9 aromatic rings. The Hall–Kier alpha value is -7.22. The minimum absolute atomic E-state index is 0.153. The molecule has 0 N–H and O–H groups in total. The fourth-order valence-corrected chi connectivity index (χ4v) is 11.7. The minimum atomic E-state index is -0.511. The van der Waals surface area contributed by atoms with Crippen molar-refractivity contribution in [1.82, 2.24) is 0 Å². The fraction of sp³-hybridized carbons (Fsp3) is 0.115. The van der Waals surface area contributed by atoms with Gasteiger partial charge in [-0.2, -0.15) is 0 Å². The molecule has 0 saturated carbocycles. The van der Waals surface area contributed by atoms with Gasteiger partial charge in [0.1, 0.15) is 0 Å². The Bertz CT molecular complexity index is 3190. The fourth-order valence-electron chi connectivity index (χ4n) is 11.7. The summed E-state index contributed by atoms with van der Waals surface area (Å²) in [7, 11) is 0. The Morgan fingerprint density at radius 1 is 0.306 bits per heavy atom. The van der Waals surface area contributed by atoms with Gasteiger partial charge in [-0.25, -0.2) is 0 Å². The average Bonchev–Trinajstić information content (AvgIpc) is 3.85. The van der Waals surface area contributed by atoms with Crippen molar-refractivity contribution in [3.63, 3.8) is 0 Å². The molecule has 1 nitrogen and oxygen atoms in total. The summed E-state index contributed by atoms with van der Waals surface area (Å²) in [4.78, 5) is 2.57.